The molecule has 4 rings (SSSR count). The lowest BCUT2D eigenvalue weighted by atomic mass is 9.45. The first-order chi connectivity index (χ1) is 14.0. The number of rotatable bonds is 4. The van der Waals surface area contributed by atoms with Gasteiger partial charge in [-0.05, 0) is 80.0 Å². The largest absolute Gasteiger partial charge is 0.393 e. The lowest BCUT2D eigenvalue weighted by Crippen LogP contribution is -2.65. The topological polar surface area (TPSA) is 60.7 Å². The van der Waals surface area contributed by atoms with E-state index in [-0.39, 0.29) is 10.8 Å². The summed E-state index contributed by atoms with van der Waals surface area (Å²) in [6, 6.07) is 0. The van der Waals surface area contributed by atoms with Gasteiger partial charge >= 0.3 is 0 Å². The fourth-order valence-corrected chi connectivity index (χ4v) is 8.15. The predicted octanol–water partition coefficient (Wildman–Crippen LogP) is 5.25. The summed E-state index contributed by atoms with van der Waals surface area (Å²) >= 11 is 0. The van der Waals surface area contributed by atoms with Gasteiger partial charge in [0.25, 0.3) is 0 Å². The van der Waals surface area contributed by atoms with Crippen LogP contribution in [0.3, 0.4) is 0 Å². The highest BCUT2D eigenvalue weighted by atomic mass is 16.3. The standard InChI is InChI=1S/C27H44O3/c1-17(2)7-6-8-18(3)21-9-10-22-20-15-24(29)27(30)16-19(28)11-14-26(27,5)23(20)12-13-25(21,22)4/h6,8,15,17-19,21-24,28-30H,7,9-14,16H2,1-5H3/b8-6+/t18-,19-,21+,22-,23-,24-,25+,26+,27-/m0/s1. The van der Waals surface area contributed by atoms with Gasteiger partial charge < -0.3 is 15.3 Å². The second kappa shape index (κ2) is 7.74. The molecule has 3 saturated carbocycles. The molecule has 3 nitrogen and oxygen atoms in total. The Labute approximate surface area is 183 Å². The van der Waals surface area contributed by atoms with Gasteiger partial charge in [-0.25, -0.2) is 0 Å². The number of hydrogen-bond donors (Lipinski definition) is 3. The molecule has 170 valence electrons. The van der Waals surface area contributed by atoms with Crippen molar-refractivity contribution in [3.8, 4) is 0 Å². The quantitative estimate of drug-likeness (QED) is 0.549. The zero-order valence-corrected chi connectivity index (χ0v) is 19.8. The highest BCUT2D eigenvalue weighted by Crippen LogP contribution is 2.67. The zero-order chi connectivity index (χ0) is 21.9. The van der Waals surface area contributed by atoms with E-state index in [4.69, 9.17) is 0 Å². The van der Waals surface area contributed by atoms with Crippen molar-refractivity contribution >= 4 is 0 Å². The smallest absolute Gasteiger partial charge is 0.102 e. The van der Waals surface area contributed by atoms with Crippen molar-refractivity contribution in [2.75, 3.05) is 0 Å². The monoisotopic (exact) mass is 416 g/mol. The molecule has 3 N–H and O–H groups in total. The zero-order valence-electron chi connectivity index (χ0n) is 19.8. The first-order valence-electron chi connectivity index (χ1n) is 12.5. The minimum Gasteiger partial charge on any atom is -0.393 e. The Morgan fingerprint density at radius 1 is 1.03 bits per heavy atom. The molecule has 0 aromatic rings. The minimum absolute atomic E-state index is 0.281. The van der Waals surface area contributed by atoms with E-state index in [2.05, 4.69) is 46.8 Å². The maximum Gasteiger partial charge on any atom is 0.102 e. The lowest BCUT2D eigenvalue weighted by molar-refractivity contribution is -0.210. The molecule has 4 aliphatic carbocycles. The van der Waals surface area contributed by atoms with Crippen molar-refractivity contribution in [2.24, 2.45) is 40.4 Å². The van der Waals surface area contributed by atoms with E-state index >= 15 is 0 Å². The van der Waals surface area contributed by atoms with Crippen LogP contribution in [0.25, 0.3) is 0 Å². The third-order valence-electron chi connectivity index (χ3n) is 10.0. The normalized spacial score (nSPS) is 49.5. The maximum atomic E-state index is 11.6. The van der Waals surface area contributed by atoms with Gasteiger partial charge in [0.2, 0.25) is 0 Å². The molecule has 0 saturated heterocycles. The summed E-state index contributed by atoms with van der Waals surface area (Å²) in [6.45, 7) is 11.6. The van der Waals surface area contributed by atoms with Crippen LogP contribution in [0.2, 0.25) is 0 Å². The van der Waals surface area contributed by atoms with E-state index < -0.39 is 17.8 Å². The molecule has 0 aromatic heterocycles. The Hall–Kier alpha value is -0.640. The molecular weight excluding hydrogens is 372 g/mol. The number of hydrogen-bond acceptors (Lipinski definition) is 3. The molecule has 0 amide bonds. The van der Waals surface area contributed by atoms with Crippen molar-refractivity contribution < 1.29 is 15.3 Å². The molecular formula is C27H44O3. The Morgan fingerprint density at radius 2 is 1.77 bits per heavy atom. The Morgan fingerprint density at radius 3 is 2.47 bits per heavy atom. The molecule has 0 unspecified atom stereocenters. The Kier molecular flexibility index (Phi) is 5.82. The second-order valence-corrected chi connectivity index (χ2v) is 12.1. The van der Waals surface area contributed by atoms with Crippen LogP contribution in [0.5, 0.6) is 0 Å². The van der Waals surface area contributed by atoms with Gasteiger partial charge in [0, 0.05) is 11.8 Å². The first kappa shape index (κ1) is 22.6. The number of allylic oxidation sites excluding steroid dienone is 3. The molecule has 0 bridgehead atoms. The maximum absolute atomic E-state index is 11.6. The average molecular weight is 417 g/mol. The molecule has 3 fully saturated rings. The third-order valence-corrected chi connectivity index (χ3v) is 10.0. The van der Waals surface area contributed by atoms with E-state index in [1.807, 2.05) is 6.08 Å². The summed E-state index contributed by atoms with van der Waals surface area (Å²) in [5.41, 5.74) is 0.180. The summed E-state index contributed by atoms with van der Waals surface area (Å²) in [7, 11) is 0. The highest BCUT2D eigenvalue weighted by Gasteiger charge is 2.64. The molecule has 0 aliphatic heterocycles. The molecule has 0 radical (unpaired) electrons. The molecule has 4 aliphatic rings. The van der Waals surface area contributed by atoms with Crippen LogP contribution in [0.4, 0.5) is 0 Å². The fraction of sp³-hybridized carbons (Fsp3) is 0.852. The summed E-state index contributed by atoms with van der Waals surface area (Å²) < 4.78 is 0. The first-order valence-corrected chi connectivity index (χ1v) is 12.5. The number of aliphatic hydroxyl groups is 3. The van der Waals surface area contributed by atoms with Crippen molar-refractivity contribution in [2.45, 2.75) is 104 Å². The van der Waals surface area contributed by atoms with Gasteiger partial charge in [0.15, 0.2) is 0 Å². The van der Waals surface area contributed by atoms with Crippen LogP contribution < -0.4 is 0 Å². The van der Waals surface area contributed by atoms with Crippen LogP contribution in [-0.2, 0) is 0 Å². The van der Waals surface area contributed by atoms with E-state index in [9.17, 15) is 15.3 Å². The summed E-state index contributed by atoms with van der Waals surface area (Å²) in [4.78, 5) is 0. The fourth-order valence-electron chi connectivity index (χ4n) is 8.15. The Balaban J connectivity index is 1.62. The van der Waals surface area contributed by atoms with Crippen LogP contribution in [0.15, 0.2) is 23.8 Å². The number of fused-ring (bicyclic) bond motifs is 5. The van der Waals surface area contributed by atoms with Gasteiger partial charge in [-0.3, -0.25) is 0 Å². The van der Waals surface area contributed by atoms with Gasteiger partial charge in [0.05, 0.1) is 6.10 Å². The van der Waals surface area contributed by atoms with Gasteiger partial charge in [-0.1, -0.05) is 58.4 Å². The van der Waals surface area contributed by atoms with Crippen LogP contribution >= 0.6 is 0 Å². The van der Waals surface area contributed by atoms with Crippen LogP contribution in [0.1, 0.15) is 86.0 Å². The molecule has 0 heterocycles. The van der Waals surface area contributed by atoms with Crippen LogP contribution in [-0.4, -0.2) is 33.1 Å². The summed E-state index contributed by atoms with van der Waals surface area (Å²) in [6.07, 6.45) is 13.2. The summed E-state index contributed by atoms with van der Waals surface area (Å²) in [5, 5.41) is 32.9. The summed E-state index contributed by atoms with van der Waals surface area (Å²) in [5.74, 6) is 2.83. The Bertz CT molecular complexity index is 711. The van der Waals surface area contributed by atoms with E-state index in [1.54, 1.807) is 0 Å². The average Bonchev–Trinajstić information content (AvgIpc) is 3.01. The molecule has 9 atom stereocenters. The molecule has 30 heavy (non-hydrogen) atoms. The van der Waals surface area contributed by atoms with Crippen molar-refractivity contribution in [3.05, 3.63) is 23.8 Å². The van der Waals surface area contributed by atoms with Crippen LogP contribution in [0, 0.1) is 40.4 Å². The van der Waals surface area contributed by atoms with E-state index in [0.29, 0.717) is 36.0 Å². The molecule has 0 aromatic carbocycles. The number of aliphatic hydroxyl groups excluding tert-OH is 2. The van der Waals surface area contributed by atoms with Crippen molar-refractivity contribution in [1.82, 2.24) is 0 Å². The second-order valence-electron chi connectivity index (χ2n) is 12.1. The SMILES string of the molecule is CC(C)C/C=C/[C@H](C)[C@H]1CC[C@H]2C3=C[C@H](O)[C@@]4(O)C[C@@H](O)CC[C@]4(C)[C@H]3CC[C@]12C. The minimum atomic E-state index is -1.20. The lowest BCUT2D eigenvalue weighted by Gasteiger charge is -2.62. The van der Waals surface area contributed by atoms with Crippen molar-refractivity contribution in [1.29, 1.82) is 0 Å². The van der Waals surface area contributed by atoms with Gasteiger partial charge in [-0.2, -0.15) is 0 Å². The highest BCUT2D eigenvalue weighted by molar-refractivity contribution is 5.33. The van der Waals surface area contributed by atoms with E-state index in [1.165, 1.54) is 24.8 Å². The van der Waals surface area contributed by atoms with E-state index in [0.717, 1.165) is 25.7 Å². The molecule has 0 spiro atoms. The third kappa shape index (κ3) is 3.26. The van der Waals surface area contributed by atoms with Gasteiger partial charge in [0.1, 0.15) is 11.7 Å². The van der Waals surface area contributed by atoms with Gasteiger partial charge in [-0.15, -0.1) is 0 Å². The van der Waals surface area contributed by atoms with Crippen molar-refractivity contribution in [3.63, 3.8) is 0 Å². The predicted molar refractivity (Wildman–Crippen MR) is 122 cm³/mol. The molecule has 3 heteroatoms.